The summed E-state index contributed by atoms with van der Waals surface area (Å²) in [5.74, 6) is -0.693. The van der Waals surface area contributed by atoms with Crippen LogP contribution in [-0.4, -0.2) is 43.8 Å². The van der Waals surface area contributed by atoms with Crippen molar-refractivity contribution >= 4 is 21.9 Å². The van der Waals surface area contributed by atoms with E-state index >= 15 is 0 Å². The highest BCUT2D eigenvalue weighted by molar-refractivity contribution is 7.89. The second-order valence-corrected chi connectivity index (χ2v) is 8.32. The van der Waals surface area contributed by atoms with Crippen molar-refractivity contribution in [1.29, 1.82) is 0 Å². The Labute approximate surface area is 170 Å². The average molecular weight is 423 g/mol. The first-order chi connectivity index (χ1) is 13.7. The second-order valence-electron chi connectivity index (χ2n) is 6.41. The predicted octanol–water partition coefficient (Wildman–Crippen LogP) is 2.48. The van der Waals surface area contributed by atoms with Gasteiger partial charge >= 0.3 is 5.97 Å². The monoisotopic (exact) mass is 422 g/mol. The summed E-state index contributed by atoms with van der Waals surface area (Å²) in [6.07, 6.45) is 0.438. The summed E-state index contributed by atoms with van der Waals surface area (Å²) in [5.41, 5.74) is 0.588. The molecule has 1 heterocycles. The molecule has 0 saturated heterocycles. The molecule has 0 saturated carbocycles. The molecule has 0 aliphatic rings. The van der Waals surface area contributed by atoms with Gasteiger partial charge in [0.2, 0.25) is 10.0 Å². The lowest BCUT2D eigenvalue weighted by Gasteiger charge is -2.20. The summed E-state index contributed by atoms with van der Waals surface area (Å²) in [6.45, 7) is 7.41. The highest BCUT2D eigenvalue weighted by Gasteiger charge is 2.26. The van der Waals surface area contributed by atoms with Crippen LogP contribution in [0, 0.1) is 6.92 Å². The Balaban J connectivity index is 2.11. The second kappa shape index (κ2) is 9.71. The van der Waals surface area contributed by atoms with E-state index in [0.29, 0.717) is 24.4 Å². The quantitative estimate of drug-likeness (QED) is 0.623. The lowest BCUT2D eigenvalue weighted by Crippen LogP contribution is -2.35. The van der Waals surface area contributed by atoms with Gasteiger partial charge in [-0.3, -0.25) is 4.79 Å². The third kappa shape index (κ3) is 5.45. The number of furan rings is 1. The van der Waals surface area contributed by atoms with Crippen molar-refractivity contribution in [2.24, 2.45) is 0 Å². The van der Waals surface area contributed by atoms with Crippen LogP contribution >= 0.6 is 0 Å². The molecule has 1 aromatic heterocycles. The predicted molar refractivity (Wildman–Crippen MR) is 107 cm³/mol. The summed E-state index contributed by atoms with van der Waals surface area (Å²) in [5, 5.41) is 2.60. The molecule has 0 radical (unpaired) electrons. The number of carbonyl (C=O) groups excluding carboxylic acids is 2. The van der Waals surface area contributed by atoms with Crippen molar-refractivity contribution < 1.29 is 27.2 Å². The van der Waals surface area contributed by atoms with E-state index in [-0.39, 0.29) is 17.0 Å². The molecule has 0 aliphatic carbocycles. The van der Waals surface area contributed by atoms with Gasteiger partial charge in [0.25, 0.3) is 5.91 Å². The zero-order valence-electron chi connectivity index (χ0n) is 17.0. The minimum Gasteiger partial charge on any atom is -0.467 e. The molecule has 158 valence electrons. The van der Waals surface area contributed by atoms with Gasteiger partial charge in [-0.25, -0.2) is 13.2 Å². The normalized spacial score (nSPS) is 12.6. The number of nitrogens with zero attached hydrogens (tertiary/aromatic N) is 1. The van der Waals surface area contributed by atoms with Crippen LogP contribution < -0.4 is 5.32 Å². The minimum atomic E-state index is -3.73. The number of ether oxygens (including phenoxy) is 1. The Morgan fingerprint density at radius 3 is 2.48 bits per heavy atom. The number of hydrogen-bond donors (Lipinski definition) is 1. The Morgan fingerprint density at radius 2 is 1.90 bits per heavy atom. The van der Waals surface area contributed by atoms with E-state index in [0.717, 1.165) is 0 Å². The van der Waals surface area contributed by atoms with Crippen LogP contribution in [0.3, 0.4) is 0 Å². The topological polar surface area (TPSA) is 106 Å². The Bertz CT molecular complexity index is 949. The van der Waals surface area contributed by atoms with Crippen molar-refractivity contribution in [2.45, 2.75) is 45.2 Å². The van der Waals surface area contributed by atoms with Gasteiger partial charge in [-0.05, 0) is 43.7 Å². The Morgan fingerprint density at radius 1 is 1.21 bits per heavy atom. The number of sulfonamides is 1. The fourth-order valence-corrected chi connectivity index (χ4v) is 4.43. The number of hydrogen-bond acceptors (Lipinski definition) is 6. The van der Waals surface area contributed by atoms with E-state index in [9.17, 15) is 18.0 Å². The maximum atomic E-state index is 12.8. The van der Waals surface area contributed by atoms with E-state index in [1.807, 2.05) is 0 Å². The SMILES string of the molecule is CCN(CC)S(=O)(=O)c1cc(C(=O)O[C@H](C)C(=O)NCc2ccco2)ccc1C. The Kier molecular flexibility index (Phi) is 7.58. The number of benzene rings is 1. The zero-order valence-corrected chi connectivity index (χ0v) is 17.8. The minimum absolute atomic E-state index is 0.0468. The first-order valence-electron chi connectivity index (χ1n) is 9.32. The molecule has 1 aromatic carbocycles. The maximum Gasteiger partial charge on any atom is 0.338 e. The number of esters is 1. The summed E-state index contributed by atoms with van der Waals surface area (Å²) < 4.78 is 37.3. The van der Waals surface area contributed by atoms with Crippen molar-refractivity contribution in [3.8, 4) is 0 Å². The Hall–Kier alpha value is -2.65. The first-order valence-corrected chi connectivity index (χ1v) is 10.8. The van der Waals surface area contributed by atoms with Gasteiger partial charge < -0.3 is 14.5 Å². The molecule has 1 atom stereocenters. The number of nitrogens with one attached hydrogen (secondary N) is 1. The van der Waals surface area contributed by atoms with Crippen molar-refractivity contribution in [2.75, 3.05) is 13.1 Å². The molecule has 29 heavy (non-hydrogen) atoms. The van der Waals surface area contributed by atoms with Crippen molar-refractivity contribution in [1.82, 2.24) is 9.62 Å². The van der Waals surface area contributed by atoms with Crippen LogP contribution in [0.15, 0.2) is 45.9 Å². The molecule has 0 bridgehead atoms. The van der Waals surface area contributed by atoms with Crippen molar-refractivity contribution in [3.63, 3.8) is 0 Å². The molecular weight excluding hydrogens is 396 g/mol. The summed E-state index contributed by atoms with van der Waals surface area (Å²) in [7, 11) is -3.73. The fourth-order valence-electron chi connectivity index (χ4n) is 2.72. The van der Waals surface area contributed by atoms with E-state index in [1.54, 1.807) is 39.0 Å². The lowest BCUT2D eigenvalue weighted by molar-refractivity contribution is -0.129. The molecular formula is C20H26N2O6S. The van der Waals surface area contributed by atoms with Crippen LogP contribution in [0.25, 0.3) is 0 Å². The van der Waals surface area contributed by atoms with Crippen molar-refractivity contribution in [3.05, 3.63) is 53.5 Å². The van der Waals surface area contributed by atoms with Crippen LogP contribution in [0.5, 0.6) is 0 Å². The largest absolute Gasteiger partial charge is 0.467 e. The van der Waals surface area contributed by atoms with E-state index in [2.05, 4.69) is 5.32 Å². The van der Waals surface area contributed by atoms with Gasteiger partial charge in [0.15, 0.2) is 6.10 Å². The molecule has 2 rings (SSSR count). The molecule has 1 amide bonds. The molecule has 9 heteroatoms. The molecule has 8 nitrogen and oxygen atoms in total. The third-order valence-corrected chi connectivity index (χ3v) is 6.61. The molecule has 0 spiro atoms. The van der Waals surface area contributed by atoms with Gasteiger partial charge in [-0.1, -0.05) is 19.9 Å². The van der Waals surface area contributed by atoms with Gasteiger partial charge in [0.1, 0.15) is 5.76 Å². The molecule has 2 aromatic rings. The van der Waals surface area contributed by atoms with Gasteiger partial charge in [0, 0.05) is 13.1 Å². The molecule has 1 N–H and O–H groups in total. The van der Waals surface area contributed by atoms with E-state index < -0.39 is 28.0 Å². The van der Waals surface area contributed by atoms with Crippen LogP contribution in [0.1, 0.15) is 42.5 Å². The highest BCUT2D eigenvalue weighted by atomic mass is 32.2. The smallest absolute Gasteiger partial charge is 0.338 e. The first kappa shape index (κ1) is 22.6. The van der Waals surface area contributed by atoms with E-state index in [4.69, 9.17) is 9.15 Å². The van der Waals surface area contributed by atoms with Crippen LogP contribution in [-0.2, 0) is 26.1 Å². The summed E-state index contributed by atoms with van der Waals surface area (Å²) in [6, 6.07) is 7.73. The maximum absolute atomic E-state index is 12.8. The number of rotatable bonds is 9. The zero-order chi connectivity index (χ0) is 21.6. The number of aryl methyl sites for hydroxylation is 1. The highest BCUT2D eigenvalue weighted by Crippen LogP contribution is 2.22. The molecule has 0 aliphatic heterocycles. The van der Waals surface area contributed by atoms with E-state index in [1.165, 1.54) is 29.6 Å². The third-order valence-electron chi connectivity index (χ3n) is 4.42. The standard InChI is InChI=1S/C20H26N2O6S/c1-5-22(6-2)29(25,26)18-12-16(10-9-14(18)3)20(24)28-15(4)19(23)21-13-17-8-7-11-27-17/h7-12,15H,5-6,13H2,1-4H3,(H,21,23)/t15-/m1/s1. The van der Waals surface area contributed by atoms with Crippen LogP contribution in [0.4, 0.5) is 0 Å². The average Bonchev–Trinajstić information content (AvgIpc) is 3.20. The number of amides is 1. The van der Waals surface area contributed by atoms with Gasteiger partial charge in [-0.2, -0.15) is 4.31 Å². The fraction of sp³-hybridized carbons (Fsp3) is 0.400. The van der Waals surface area contributed by atoms with Crippen LogP contribution in [0.2, 0.25) is 0 Å². The lowest BCUT2D eigenvalue weighted by atomic mass is 10.1. The summed E-state index contributed by atoms with van der Waals surface area (Å²) in [4.78, 5) is 24.6. The van der Waals surface area contributed by atoms with Gasteiger partial charge in [0.05, 0.1) is 23.3 Å². The summed E-state index contributed by atoms with van der Waals surface area (Å²) >= 11 is 0. The molecule has 0 fully saturated rings. The molecule has 0 unspecified atom stereocenters. The van der Waals surface area contributed by atoms with Gasteiger partial charge in [-0.15, -0.1) is 0 Å². The number of carbonyl (C=O) groups is 2.